The van der Waals surface area contributed by atoms with Crippen molar-refractivity contribution in [2.45, 2.75) is 6.54 Å². The van der Waals surface area contributed by atoms with Crippen LogP contribution in [0.1, 0.15) is 5.56 Å². The van der Waals surface area contributed by atoms with E-state index in [1.807, 2.05) is 34.9 Å². The lowest BCUT2D eigenvalue weighted by molar-refractivity contribution is 0.392. The van der Waals surface area contributed by atoms with E-state index < -0.39 is 0 Å². The number of H-pyrrole nitrogens is 2. The Morgan fingerprint density at radius 1 is 0.857 bits per heavy atom. The minimum absolute atomic E-state index is 0.155. The molecule has 10 nitrogen and oxygen atoms in total. The summed E-state index contributed by atoms with van der Waals surface area (Å²) in [6.45, 7) is 0.632. The van der Waals surface area contributed by atoms with Crippen LogP contribution in [-0.2, 0) is 6.54 Å². The lowest BCUT2D eigenvalue weighted by Crippen LogP contribution is -2.14. The molecule has 0 amide bonds. The van der Waals surface area contributed by atoms with Gasteiger partial charge in [0.2, 0.25) is 22.4 Å². The molecule has 0 atom stereocenters. The minimum Gasteiger partial charge on any atom is -0.491 e. The summed E-state index contributed by atoms with van der Waals surface area (Å²) in [6, 6.07) is 12.8. The largest absolute Gasteiger partial charge is 0.491 e. The Bertz CT molecular complexity index is 1470. The Labute approximate surface area is 199 Å². The zero-order chi connectivity index (χ0) is 24.6. The third kappa shape index (κ3) is 5.22. The molecule has 5 aromatic rings. The van der Waals surface area contributed by atoms with E-state index in [0.717, 1.165) is 5.56 Å². The van der Waals surface area contributed by atoms with Crippen LogP contribution in [0.4, 0.5) is 0 Å². The maximum atomic E-state index is 12.0. The predicted octanol–water partition coefficient (Wildman–Crippen LogP) is 3.33. The highest BCUT2D eigenvalue weighted by atomic mass is 16.5. The number of nitrogens with one attached hydrogen (secondary N) is 2. The first-order chi connectivity index (χ1) is 17.1. The van der Waals surface area contributed by atoms with Crippen molar-refractivity contribution in [2.75, 3.05) is 14.2 Å². The second kappa shape index (κ2) is 10.8. The SMILES string of the molecule is COc1c(-c2ncc[nH]2)n(Cc2ccccc2)ccc1=O.COc1c(-c2ncc[nH]2)occc1=O. The number of aromatic amines is 2. The van der Waals surface area contributed by atoms with Crippen molar-refractivity contribution in [2.24, 2.45) is 0 Å². The summed E-state index contributed by atoms with van der Waals surface area (Å²) in [4.78, 5) is 37.4. The van der Waals surface area contributed by atoms with Crippen molar-refractivity contribution in [3.05, 3.63) is 106 Å². The minimum atomic E-state index is -0.231. The molecule has 1 aromatic carbocycles. The Hall–Kier alpha value is -4.86. The molecule has 0 aliphatic carbocycles. The third-order valence-corrected chi connectivity index (χ3v) is 5.01. The third-order valence-electron chi connectivity index (χ3n) is 5.01. The van der Waals surface area contributed by atoms with Gasteiger partial charge in [0.05, 0.1) is 20.5 Å². The molecule has 4 heterocycles. The van der Waals surface area contributed by atoms with Crippen molar-refractivity contribution in [1.82, 2.24) is 24.5 Å². The van der Waals surface area contributed by atoms with E-state index >= 15 is 0 Å². The van der Waals surface area contributed by atoms with Crippen LogP contribution in [0, 0.1) is 0 Å². The van der Waals surface area contributed by atoms with E-state index in [2.05, 4.69) is 19.9 Å². The first-order valence-corrected chi connectivity index (χ1v) is 10.6. The van der Waals surface area contributed by atoms with Gasteiger partial charge in [-0.2, -0.15) is 0 Å². The molecule has 0 aliphatic heterocycles. The van der Waals surface area contributed by atoms with Crippen LogP contribution in [0.2, 0.25) is 0 Å². The predicted molar refractivity (Wildman–Crippen MR) is 129 cm³/mol. The molecule has 0 radical (unpaired) electrons. The maximum absolute atomic E-state index is 12.0. The van der Waals surface area contributed by atoms with E-state index in [1.165, 1.54) is 32.6 Å². The molecule has 0 bridgehead atoms. The Morgan fingerprint density at radius 3 is 2.14 bits per heavy atom. The van der Waals surface area contributed by atoms with Gasteiger partial charge >= 0.3 is 0 Å². The van der Waals surface area contributed by atoms with Crippen molar-refractivity contribution in [3.8, 4) is 34.6 Å². The lowest BCUT2D eigenvalue weighted by Gasteiger charge is -2.15. The standard InChI is InChI=1S/C16H15N3O2.C9H8N2O3/c1-21-15-13(20)7-10-19(11-12-5-3-2-4-6-12)14(15)16-17-8-9-18-16;1-13-7-6(12)2-5-14-8(7)9-10-3-4-11-9/h2-10H,11H2,1H3,(H,17,18);2-5H,1H3,(H,10,11). The second-order valence-corrected chi connectivity index (χ2v) is 7.20. The lowest BCUT2D eigenvalue weighted by atomic mass is 10.2. The van der Waals surface area contributed by atoms with Crippen LogP contribution in [0.25, 0.3) is 23.1 Å². The van der Waals surface area contributed by atoms with Gasteiger partial charge in [-0.05, 0) is 5.56 Å². The van der Waals surface area contributed by atoms with Gasteiger partial charge in [-0.25, -0.2) is 9.97 Å². The quantitative estimate of drug-likeness (QED) is 0.387. The van der Waals surface area contributed by atoms with Gasteiger partial charge in [0.25, 0.3) is 0 Å². The molecule has 0 aliphatic rings. The molecular weight excluding hydrogens is 450 g/mol. The summed E-state index contributed by atoms with van der Waals surface area (Å²) in [5.41, 5.74) is 1.40. The van der Waals surface area contributed by atoms with Gasteiger partial charge in [-0.3, -0.25) is 9.59 Å². The molecule has 5 rings (SSSR count). The van der Waals surface area contributed by atoms with E-state index in [1.54, 1.807) is 31.0 Å². The summed E-state index contributed by atoms with van der Waals surface area (Å²) >= 11 is 0. The van der Waals surface area contributed by atoms with Gasteiger partial charge < -0.3 is 28.4 Å². The first-order valence-electron chi connectivity index (χ1n) is 10.6. The van der Waals surface area contributed by atoms with E-state index in [9.17, 15) is 9.59 Å². The van der Waals surface area contributed by atoms with Gasteiger partial charge in [0.15, 0.2) is 17.4 Å². The molecule has 0 fully saturated rings. The number of methoxy groups -OCH3 is 2. The van der Waals surface area contributed by atoms with Crippen molar-refractivity contribution < 1.29 is 13.9 Å². The highest BCUT2D eigenvalue weighted by molar-refractivity contribution is 5.60. The number of hydrogen-bond donors (Lipinski definition) is 2. The number of imidazole rings is 2. The highest BCUT2D eigenvalue weighted by Gasteiger charge is 2.16. The number of aromatic nitrogens is 5. The Morgan fingerprint density at radius 2 is 1.51 bits per heavy atom. The van der Waals surface area contributed by atoms with Gasteiger partial charge in [0.1, 0.15) is 5.69 Å². The Kier molecular flexibility index (Phi) is 7.22. The number of pyridine rings is 1. The molecule has 0 unspecified atom stereocenters. The zero-order valence-corrected chi connectivity index (χ0v) is 19.1. The smallest absolute Gasteiger partial charge is 0.227 e. The molecule has 10 heteroatoms. The van der Waals surface area contributed by atoms with Gasteiger partial charge in [0, 0.05) is 49.7 Å². The highest BCUT2D eigenvalue weighted by Crippen LogP contribution is 2.24. The summed E-state index contributed by atoms with van der Waals surface area (Å²) in [5, 5.41) is 0. The van der Waals surface area contributed by atoms with Crippen LogP contribution >= 0.6 is 0 Å². The number of nitrogens with zero attached hydrogens (tertiary/aromatic N) is 3. The number of ether oxygens (including phenoxy) is 2. The zero-order valence-electron chi connectivity index (χ0n) is 19.1. The molecule has 178 valence electrons. The summed E-state index contributed by atoms with van der Waals surface area (Å²) in [5.74, 6) is 1.84. The average molecular weight is 473 g/mol. The van der Waals surface area contributed by atoms with Crippen LogP contribution in [0.5, 0.6) is 11.5 Å². The van der Waals surface area contributed by atoms with Crippen LogP contribution in [0.15, 0.2) is 93.7 Å². The van der Waals surface area contributed by atoms with Crippen LogP contribution < -0.4 is 20.3 Å². The van der Waals surface area contributed by atoms with Gasteiger partial charge in [-0.1, -0.05) is 30.3 Å². The molecule has 2 N–H and O–H groups in total. The first kappa shape index (κ1) is 23.3. The number of hydrogen-bond acceptors (Lipinski definition) is 7. The van der Waals surface area contributed by atoms with Crippen molar-refractivity contribution >= 4 is 0 Å². The van der Waals surface area contributed by atoms with Gasteiger partial charge in [-0.15, -0.1) is 0 Å². The monoisotopic (exact) mass is 473 g/mol. The molecule has 0 spiro atoms. The topological polar surface area (TPSA) is 128 Å². The molecule has 0 saturated carbocycles. The van der Waals surface area contributed by atoms with E-state index in [4.69, 9.17) is 13.9 Å². The van der Waals surface area contributed by atoms with Crippen LogP contribution in [0.3, 0.4) is 0 Å². The summed E-state index contributed by atoms with van der Waals surface area (Å²) in [6.07, 6.45) is 9.65. The molecule has 0 saturated heterocycles. The summed E-state index contributed by atoms with van der Waals surface area (Å²) < 4.78 is 17.3. The molecule has 35 heavy (non-hydrogen) atoms. The number of rotatable bonds is 6. The fourth-order valence-corrected chi connectivity index (χ4v) is 3.45. The maximum Gasteiger partial charge on any atom is 0.227 e. The number of benzene rings is 1. The van der Waals surface area contributed by atoms with Crippen molar-refractivity contribution in [1.29, 1.82) is 0 Å². The van der Waals surface area contributed by atoms with E-state index in [0.29, 0.717) is 35.4 Å². The van der Waals surface area contributed by atoms with Crippen molar-refractivity contribution in [3.63, 3.8) is 0 Å². The summed E-state index contributed by atoms with van der Waals surface area (Å²) in [7, 11) is 2.91. The second-order valence-electron chi connectivity index (χ2n) is 7.20. The normalized spacial score (nSPS) is 10.3. The van der Waals surface area contributed by atoms with E-state index in [-0.39, 0.29) is 16.6 Å². The fraction of sp³-hybridized carbons (Fsp3) is 0.120. The molecule has 4 aromatic heterocycles. The van der Waals surface area contributed by atoms with Crippen LogP contribution in [-0.4, -0.2) is 38.7 Å². The molecular formula is C25H23N5O5. The fourth-order valence-electron chi connectivity index (χ4n) is 3.45. The Balaban J connectivity index is 0.000000179. The average Bonchev–Trinajstić information content (AvgIpc) is 3.61.